The van der Waals surface area contributed by atoms with E-state index in [1.54, 1.807) is 18.5 Å². The molecule has 2 heterocycles. The van der Waals surface area contributed by atoms with E-state index in [0.717, 1.165) is 41.1 Å². The van der Waals surface area contributed by atoms with Crippen molar-refractivity contribution < 1.29 is 14.4 Å². The number of benzene rings is 2. The van der Waals surface area contributed by atoms with Crippen molar-refractivity contribution in [1.29, 1.82) is 0 Å². The first-order chi connectivity index (χ1) is 16.3. The Morgan fingerprint density at radius 2 is 1.82 bits per heavy atom. The quantitative estimate of drug-likeness (QED) is 0.574. The number of nitrogens with zero attached hydrogens (tertiary/aromatic N) is 3. The van der Waals surface area contributed by atoms with Crippen molar-refractivity contribution in [3.63, 3.8) is 0 Å². The number of nitrogens with one attached hydrogen (secondary N) is 2. The van der Waals surface area contributed by atoms with Crippen LogP contribution in [0.3, 0.4) is 0 Å². The van der Waals surface area contributed by atoms with Gasteiger partial charge in [-0.15, -0.1) is 0 Å². The molecule has 1 aliphatic carbocycles. The molecule has 2 aliphatic rings. The van der Waals surface area contributed by atoms with Gasteiger partial charge in [0.2, 0.25) is 5.91 Å². The second-order valence-corrected chi connectivity index (χ2v) is 9.12. The summed E-state index contributed by atoms with van der Waals surface area (Å²) in [6, 6.07) is 15.0. The van der Waals surface area contributed by atoms with E-state index in [1.807, 2.05) is 55.5 Å². The van der Waals surface area contributed by atoms with Crippen LogP contribution in [0.5, 0.6) is 0 Å². The average molecular weight is 458 g/mol. The van der Waals surface area contributed by atoms with Crippen LogP contribution < -0.4 is 10.6 Å². The van der Waals surface area contributed by atoms with Crippen molar-refractivity contribution >= 4 is 23.5 Å². The zero-order valence-electron chi connectivity index (χ0n) is 19.5. The average Bonchev–Trinajstić information content (AvgIpc) is 3.47. The number of rotatable bonds is 5. The lowest BCUT2D eigenvalue weighted by Crippen LogP contribution is -2.42. The lowest BCUT2D eigenvalue weighted by molar-refractivity contribution is -0.133. The molecule has 1 saturated heterocycles. The first kappa shape index (κ1) is 21.9. The Hall–Kier alpha value is -3.94. The van der Waals surface area contributed by atoms with Crippen LogP contribution in [-0.2, 0) is 28.0 Å². The second-order valence-electron chi connectivity index (χ2n) is 9.12. The Morgan fingerprint density at radius 3 is 2.59 bits per heavy atom. The molecule has 0 spiro atoms. The van der Waals surface area contributed by atoms with Gasteiger partial charge in [0.1, 0.15) is 12.1 Å². The molecule has 3 aromatic rings. The minimum Gasteiger partial charge on any atom is -0.321 e. The molecule has 0 unspecified atom stereocenters. The summed E-state index contributed by atoms with van der Waals surface area (Å²) in [7, 11) is 0. The number of aryl methyl sites for hydroxylation is 3. The first-order valence-electron chi connectivity index (χ1n) is 11.5. The molecule has 1 fully saturated rings. The first-order valence-corrected chi connectivity index (χ1v) is 11.5. The summed E-state index contributed by atoms with van der Waals surface area (Å²) in [6.45, 7) is 4.99. The number of fused-ring (bicyclic) bond motifs is 1. The molecule has 1 aromatic heterocycles. The monoisotopic (exact) mass is 457 g/mol. The molecule has 174 valence electrons. The molecule has 0 bridgehead atoms. The van der Waals surface area contributed by atoms with Gasteiger partial charge in [0.15, 0.2) is 0 Å². The zero-order valence-corrected chi connectivity index (χ0v) is 19.5. The third-order valence-corrected chi connectivity index (χ3v) is 6.81. The van der Waals surface area contributed by atoms with Crippen molar-refractivity contribution in [2.75, 3.05) is 11.9 Å². The maximum atomic E-state index is 13.3. The van der Waals surface area contributed by atoms with Gasteiger partial charge >= 0.3 is 6.03 Å². The highest BCUT2D eigenvalue weighted by molar-refractivity contribution is 6.10. The fraction of sp³-hybridized carbons (Fsp3) is 0.308. The highest BCUT2D eigenvalue weighted by Crippen LogP contribution is 2.32. The van der Waals surface area contributed by atoms with Crippen molar-refractivity contribution in [1.82, 2.24) is 20.0 Å². The molecule has 4 amide bonds. The predicted molar refractivity (Wildman–Crippen MR) is 128 cm³/mol. The molecule has 2 N–H and O–H groups in total. The summed E-state index contributed by atoms with van der Waals surface area (Å²) in [4.78, 5) is 39.9. The second kappa shape index (κ2) is 8.13. The zero-order chi connectivity index (χ0) is 24.0. The smallest absolute Gasteiger partial charge is 0.321 e. The lowest BCUT2D eigenvalue weighted by Gasteiger charge is -2.23. The number of anilines is 1. The molecule has 0 radical (unpaired) electrons. The number of amides is 4. The summed E-state index contributed by atoms with van der Waals surface area (Å²) in [5.74, 6) is -0.889. The van der Waals surface area contributed by atoms with Crippen LogP contribution in [-0.4, -0.2) is 39.1 Å². The van der Waals surface area contributed by atoms with Gasteiger partial charge in [-0.1, -0.05) is 36.4 Å². The number of carbonyl (C=O) groups excluding carboxylic acids is 3. The number of aromatic nitrogens is 2. The highest BCUT2D eigenvalue weighted by atomic mass is 16.2. The van der Waals surface area contributed by atoms with Gasteiger partial charge in [0.25, 0.3) is 5.91 Å². The van der Waals surface area contributed by atoms with Crippen molar-refractivity contribution in [3.05, 3.63) is 76.6 Å². The van der Waals surface area contributed by atoms with Crippen LogP contribution in [0.15, 0.2) is 48.5 Å². The highest BCUT2D eigenvalue weighted by Gasteiger charge is 2.49. The van der Waals surface area contributed by atoms with E-state index < -0.39 is 23.4 Å². The molecule has 1 atom stereocenters. The molecule has 8 heteroatoms. The molecule has 8 nitrogen and oxygen atoms in total. The fourth-order valence-corrected chi connectivity index (χ4v) is 4.89. The van der Waals surface area contributed by atoms with Gasteiger partial charge in [-0.05, 0) is 68.9 Å². The summed E-state index contributed by atoms with van der Waals surface area (Å²) in [5.41, 5.74) is 4.92. The van der Waals surface area contributed by atoms with Crippen LogP contribution >= 0.6 is 0 Å². The van der Waals surface area contributed by atoms with Crippen LogP contribution in [0.2, 0.25) is 0 Å². The third-order valence-electron chi connectivity index (χ3n) is 6.81. The largest absolute Gasteiger partial charge is 0.325 e. The number of imide groups is 1. The van der Waals surface area contributed by atoms with E-state index in [9.17, 15) is 14.4 Å². The number of carbonyl (C=O) groups is 3. The van der Waals surface area contributed by atoms with Crippen molar-refractivity contribution in [3.8, 4) is 5.69 Å². The number of hydrogen-bond acceptors (Lipinski definition) is 4. The Morgan fingerprint density at radius 1 is 1.09 bits per heavy atom. The summed E-state index contributed by atoms with van der Waals surface area (Å²) >= 11 is 0. The predicted octanol–water partition coefficient (Wildman–Crippen LogP) is 3.38. The Labute approximate surface area is 197 Å². The van der Waals surface area contributed by atoms with Crippen LogP contribution in [0.4, 0.5) is 10.5 Å². The van der Waals surface area contributed by atoms with Crippen molar-refractivity contribution in [2.24, 2.45) is 0 Å². The number of urea groups is 1. The van der Waals surface area contributed by atoms with Gasteiger partial charge < -0.3 is 10.6 Å². The Bertz CT molecular complexity index is 1310. The molecule has 5 rings (SSSR count). The standard InChI is InChI=1S/C26H27N5O3/c1-16-23(17(2)31(29-16)21-10-5-4-6-11-21)27-22(32)15-30-24(33)26(3,28-25(30)34)20-13-12-18-8-7-9-19(18)14-20/h4-6,10-14H,7-9,15H2,1-3H3,(H,27,32)(H,28,34)/t26-/m1/s1. The third kappa shape index (κ3) is 3.55. The normalized spacial score (nSPS) is 19.3. The van der Waals surface area contributed by atoms with Crippen LogP contribution in [0, 0.1) is 13.8 Å². The maximum absolute atomic E-state index is 13.3. The molecular weight excluding hydrogens is 430 g/mol. The van der Waals surface area contributed by atoms with E-state index in [-0.39, 0.29) is 6.54 Å². The fourth-order valence-electron chi connectivity index (χ4n) is 4.89. The topological polar surface area (TPSA) is 96.3 Å². The van der Waals surface area contributed by atoms with Gasteiger partial charge in [-0.2, -0.15) is 5.10 Å². The molecule has 2 aromatic carbocycles. The number of hydrogen-bond donors (Lipinski definition) is 2. The minimum atomic E-state index is -1.20. The molecular formula is C26H27N5O3. The van der Waals surface area contributed by atoms with Gasteiger partial charge in [0, 0.05) is 0 Å². The van der Waals surface area contributed by atoms with Crippen molar-refractivity contribution in [2.45, 2.75) is 45.6 Å². The molecule has 1 aliphatic heterocycles. The van der Waals surface area contributed by atoms with Crippen LogP contribution in [0.1, 0.15) is 41.4 Å². The van der Waals surface area contributed by atoms with E-state index >= 15 is 0 Å². The van der Waals surface area contributed by atoms with E-state index in [4.69, 9.17) is 0 Å². The van der Waals surface area contributed by atoms with E-state index in [1.165, 1.54) is 11.1 Å². The Balaban J connectivity index is 1.33. The molecule has 34 heavy (non-hydrogen) atoms. The summed E-state index contributed by atoms with van der Waals surface area (Å²) in [5, 5.41) is 10.2. The summed E-state index contributed by atoms with van der Waals surface area (Å²) in [6.07, 6.45) is 3.11. The Kier molecular flexibility index (Phi) is 5.23. The summed E-state index contributed by atoms with van der Waals surface area (Å²) < 4.78 is 1.75. The van der Waals surface area contributed by atoms with Gasteiger partial charge in [-0.3, -0.25) is 14.5 Å². The van der Waals surface area contributed by atoms with Crippen LogP contribution in [0.25, 0.3) is 5.69 Å². The van der Waals surface area contributed by atoms with Gasteiger partial charge in [-0.25, -0.2) is 9.48 Å². The number of para-hydroxylation sites is 1. The van der Waals surface area contributed by atoms with Gasteiger partial charge in [0.05, 0.1) is 22.8 Å². The SMILES string of the molecule is Cc1nn(-c2ccccc2)c(C)c1NC(=O)CN1C(=O)N[C@](C)(c2ccc3c(c2)CCC3)C1=O. The van der Waals surface area contributed by atoms with E-state index in [2.05, 4.69) is 15.7 Å². The lowest BCUT2D eigenvalue weighted by atomic mass is 9.89. The maximum Gasteiger partial charge on any atom is 0.325 e. The van der Waals surface area contributed by atoms with E-state index in [0.29, 0.717) is 11.4 Å². The molecule has 0 saturated carbocycles. The minimum absolute atomic E-state index is 0.374.